The van der Waals surface area contributed by atoms with E-state index in [1.165, 1.54) is 12.1 Å². The molecule has 0 radical (unpaired) electrons. The van der Waals surface area contributed by atoms with Crippen molar-refractivity contribution < 1.29 is 4.39 Å². The molecule has 108 valence electrons. The van der Waals surface area contributed by atoms with Gasteiger partial charge < -0.3 is 5.73 Å². The number of hydrogen-bond acceptors (Lipinski definition) is 2. The summed E-state index contributed by atoms with van der Waals surface area (Å²) in [5.74, 6) is -0.211. The Hall–Kier alpha value is -1.39. The highest BCUT2D eigenvalue weighted by Gasteiger charge is 2.18. The summed E-state index contributed by atoms with van der Waals surface area (Å²) in [6, 6.07) is 6.57. The Morgan fingerprint density at radius 1 is 1.45 bits per heavy atom. The molecule has 20 heavy (non-hydrogen) atoms. The molecule has 0 aliphatic carbocycles. The summed E-state index contributed by atoms with van der Waals surface area (Å²) in [5, 5.41) is 5.08. The molecule has 1 atom stereocenters. The Morgan fingerprint density at radius 2 is 2.20 bits per heavy atom. The van der Waals surface area contributed by atoms with Gasteiger partial charge in [-0.1, -0.05) is 23.7 Å². The highest BCUT2D eigenvalue weighted by molar-refractivity contribution is 6.31. The van der Waals surface area contributed by atoms with Gasteiger partial charge in [-0.3, -0.25) is 4.68 Å². The third-order valence-electron chi connectivity index (χ3n) is 3.50. The molecule has 0 aliphatic rings. The van der Waals surface area contributed by atoms with Gasteiger partial charge in [-0.05, 0) is 44.5 Å². The van der Waals surface area contributed by atoms with Crippen LogP contribution in [-0.2, 0) is 13.0 Å². The molecule has 0 aliphatic heterocycles. The molecule has 0 bridgehead atoms. The summed E-state index contributed by atoms with van der Waals surface area (Å²) < 4.78 is 15.2. The summed E-state index contributed by atoms with van der Waals surface area (Å²) >= 11 is 6.31. The minimum Gasteiger partial charge on any atom is -0.330 e. The molecule has 3 nitrogen and oxygen atoms in total. The predicted octanol–water partition coefficient (Wildman–Crippen LogP) is 3.29. The van der Waals surface area contributed by atoms with Crippen molar-refractivity contribution in [2.24, 2.45) is 5.73 Å². The van der Waals surface area contributed by atoms with Crippen LogP contribution in [0.3, 0.4) is 0 Å². The second-order valence-corrected chi connectivity index (χ2v) is 5.23. The van der Waals surface area contributed by atoms with Gasteiger partial charge in [0.2, 0.25) is 0 Å². The van der Waals surface area contributed by atoms with Crippen molar-refractivity contribution >= 4 is 11.6 Å². The maximum Gasteiger partial charge on any atom is 0.123 e. The number of rotatable bonds is 5. The zero-order valence-electron chi connectivity index (χ0n) is 11.7. The van der Waals surface area contributed by atoms with Gasteiger partial charge in [-0.15, -0.1) is 0 Å². The van der Waals surface area contributed by atoms with Crippen LogP contribution in [0.4, 0.5) is 4.39 Å². The number of nitrogens with zero attached hydrogens (tertiary/aromatic N) is 2. The number of hydrogen-bond donors (Lipinski definition) is 1. The quantitative estimate of drug-likeness (QED) is 0.920. The lowest BCUT2D eigenvalue weighted by Gasteiger charge is -2.16. The smallest absolute Gasteiger partial charge is 0.123 e. The van der Waals surface area contributed by atoms with Crippen LogP contribution < -0.4 is 5.73 Å². The summed E-state index contributed by atoms with van der Waals surface area (Å²) in [4.78, 5) is 0. The fourth-order valence-electron chi connectivity index (χ4n) is 2.40. The molecule has 2 aromatic rings. The molecule has 5 heteroatoms. The summed E-state index contributed by atoms with van der Waals surface area (Å²) in [6.45, 7) is 5.10. The largest absolute Gasteiger partial charge is 0.330 e. The Kier molecular flexibility index (Phi) is 4.78. The topological polar surface area (TPSA) is 43.8 Å². The van der Waals surface area contributed by atoms with Crippen molar-refractivity contribution in [2.45, 2.75) is 32.7 Å². The van der Waals surface area contributed by atoms with Crippen molar-refractivity contribution in [1.82, 2.24) is 9.78 Å². The molecule has 2 N–H and O–H groups in total. The van der Waals surface area contributed by atoms with E-state index in [9.17, 15) is 4.39 Å². The Morgan fingerprint density at radius 3 is 2.80 bits per heavy atom. The van der Waals surface area contributed by atoms with Gasteiger partial charge in [0.05, 0.1) is 16.4 Å². The molecule has 1 unspecified atom stereocenters. The van der Waals surface area contributed by atoms with Gasteiger partial charge in [0.25, 0.3) is 0 Å². The third kappa shape index (κ3) is 3.02. The molecular formula is C15H19ClFN3. The van der Waals surface area contributed by atoms with Crippen molar-refractivity contribution in [3.63, 3.8) is 0 Å². The van der Waals surface area contributed by atoms with Crippen LogP contribution >= 0.6 is 11.6 Å². The van der Waals surface area contributed by atoms with Crippen molar-refractivity contribution in [1.29, 1.82) is 0 Å². The zero-order chi connectivity index (χ0) is 14.7. The number of benzene rings is 1. The normalized spacial score (nSPS) is 12.7. The lowest BCUT2D eigenvalue weighted by atomic mass is 9.94. The van der Waals surface area contributed by atoms with Gasteiger partial charge in [0, 0.05) is 12.5 Å². The molecule has 1 heterocycles. The van der Waals surface area contributed by atoms with Crippen LogP contribution in [0.15, 0.2) is 24.3 Å². The first kappa shape index (κ1) is 15.0. The fourth-order valence-corrected chi connectivity index (χ4v) is 2.61. The Labute approximate surface area is 123 Å². The molecule has 1 aromatic carbocycles. The van der Waals surface area contributed by atoms with Crippen LogP contribution in [0.1, 0.15) is 29.8 Å². The predicted molar refractivity (Wildman–Crippen MR) is 79.5 cm³/mol. The lowest BCUT2D eigenvalue weighted by Crippen LogP contribution is -2.17. The number of aryl methyl sites for hydroxylation is 2. The SMILES string of the molecule is CCn1nc(C)c(Cl)c1CC(CN)c1cccc(F)c1. The second-order valence-electron chi connectivity index (χ2n) is 4.85. The van der Waals surface area contributed by atoms with Gasteiger partial charge in [0.15, 0.2) is 0 Å². The van der Waals surface area contributed by atoms with Gasteiger partial charge in [-0.2, -0.15) is 5.10 Å². The maximum absolute atomic E-state index is 13.3. The van der Waals surface area contributed by atoms with Crippen molar-refractivity contribution in [3.8, 4) is 0 Å². The first-order chi connectivity index (χ1) is 9.56. The van der Waals surface area contributed by atoms with Crippen LogP contribution in [0, 0.1) is 12.7 Å². The molecule has 1 aromatic heterocycles. The molecule has 0 spiro atoms. The van der Waals surface area contributed by atoms with E-state index in [-0.39, 0.29) is 11.7 Å². The number of halogens is 2. The van der Waals surface area contributed by atoms with Crippen LogP contribution in [0.25, 0.3) is 0 Å². The number of nitrogens with two attached hydrogens (primary N) is 1. The third-order valence-corrected chi connectivity index (χ3v) is 3.99. The molecule has 0 amide bonds. The summed E-state index contributed by atoms with van der Waals surface area (Å²) in [5.41, 5.74) is 8.53. The standard InChI is InChI=1S/C15H19ClFN3/c1-3-20-14(15(16)10(2)19-20)8-12(9-18)11-5-4-6-13(17)7-11/h4-7,12H,3,8-9,18H2,1-2H3. The van der Waals surface area contributed by atoms with Gasteiger partial charge >= 0.3 is 0 Å². The zero-order valence-corrected chi connectivity index (χ0v) is 12.5. The average molecular weight is 296 g/mol. The lowest BCUT2D eigenvalue weighted by molar-refractivity contribution is 0.578. The average Bonchev–Trinajstić information content (AvgIpc) is 2.71. The second kappa shape index (κ2) is 6.37. The van der Waals surface area contributed by atoms with Crippen molar-refractivity contribution in [2.75, 3.05) is 6.54 Å². The minimum absolute atomic E-state index is 0.0320. The molecule has 0 fully saturated rings. The van der Waals surface area contributed by atoms with E-state index in [0.29, 0.717) is 18.0 Å². The number of aromatic nitrogens is 2. The molecule has 0 saturated heterocycles. The Bertz CT molecular complexity index is 595. The van der Waals surface area contributed by atoms with Crippen LogP contribution in [0.5, 0.6) is 0 Å². The first-order valence-corrected chi connectivity index (χ1v) is 7.11. The highest BCUT2D eigenvalue weighted by Crippen LogP contribution is 2.27. The molecular weight excluding hydrogens is 277 g/mol. The molecule has 0 saturated carbocycles. The molecule has 2 rings (SSSR count). The summed E-state index contributed by atoms with van der Waals surface area (Å²) in [7, 11) is 0. The monoisotopic (exact) mass is 295 g/mol. The van der Waals surface area contributed by atoms with E-state index in [1.54, 1.807) is 6.07 Å². The van der Waals surface area contributed by atoms with E-state index >= 15 is 0 Å². The van der Waals surface area contributed by atoms with E-state index in [2.05, 4.69) is 5.10 Å². The van der Waals surface area contributed by atoms with E-state index < -0.39 is 0 Å². The van der Waals surface area contributed by atoms with E-state index in [4.69, 9.17) is 17.3 Å². The van der Waals surface area contributed by atoms with E-state index in [1.807, 2.05) is 24.6 Å². The van der Waals surface area contributed by atoms with Crippen LogP contribution in [-0.4, -0.2) is 16.3 Å². The summed E-state index contributed by atoms with van der Waals surface area (Å²) in [6.07, 6.45) is 0.660. The maximum atomic E-state index is 13.3. The van der Waals surface area contributed by atoms with E-state index in [0.717, 1.165) is 23.5 Å². The van der Waals surface area contributed by atoms with Gasteiger partial charge in [-0.25, -0.2) is 4.39 Å². The Balaban J connectivity index is 2.31. The first-order valence-electron chi connectivity index (χ1n) is 6.74. The van der Waals surface area contributed by atoms with Crippen LogP contribution in [0.2, 0.25) is 5.02 Å². The minimum atomic E-state index is -0.243. The van der Waals surface area contributed by atoms with Crippen molar-refractivity contribution in [3.05, 3.63) is 52.1 Å². The highest BCUT2D eigenvalue weighted by atomic mass is 35.5. The fraction of sp³-hybridized carbons (Fsp3) is 0.400. The van der Waals surface area contributed by atoms with Gasteiger partial charge in [0.1, 0.15) is 5.82 Å².